The number of ether oxygens (including phenoxy) is 3. The molecule has 8 heteroatoms. The zero-order valence-electron chi connectivity index (χ0n) is 18.8. The third-order valence-electron chi connectivity index (χ3n) is 5.59. The number of anilines is 1. The lowest BCUT2D eigenvalue weighted by atomic mass is 9.93. The number of nitrogens with one attached hydrogen (secondary N) is 1. The molecular formula is C25H29N3O5. The zero-order valence-corrected chi connectivity index (χ0v) is 18.8. The van der Waals surface area contributed by atoms with Gasteiger partial charge in [-0.05, 0) is 54.8 Å². The molecule has 1 saturated heterocycles. The highest BCUT2D eigenvalue weighted by Gasteiger charge is 2.24. The molecule has 1 atom stereocenters. The Morgan fingerprint density at radius 3 is 2.73 bits per heavy atom. The predicted molar refractivity (Wildman–Crippen MR) is 125 cm³/mol. The lowest BCUT2D eigenvalue weighted by Gasteiger charge is -2.25. The molecule has 2 heterocycles. The van der Waals surface area contributed by atoms with Crippen LogP contribution in [0.25, 0.3) is 0 Å². The summed E-state index contributed by atoms with van der Waals surface area (Å²) in [5, 5.41) is 9.38. The Kier molecular flexibility index (Phi) is 7.57. The van der Waals surface area contributed by atoms with Gasteiger partial charge in [0.25, 0.3) is 5.91 Å². The van der Waals surface area contributed by atoms with E-state index in [2.05, 4.69) is 10.4 Å². The summed E-state index contributed by atoms with van der Waals surface area (Å²) in [5.74, 6) is 0.388. The van der Waals surface area contributed by atoms with E-state index >= 15 is 0 Å². The first-order chi connectivity index (χ1) is 16.1. The van der Waals surface area contributed by atoms with E-state index in [4.69, 9.17) is 14.2 Å². The van der Waals surface area contributed by atoms with Crippen LogP contribution in [0.1, 0.15) is 34.8 Å². The van der Waals surface area contributed by atoms with Crippen molar-refractivity contribution in [1.82, 2.24) is 5.01 Å². The quantitative estimate of drug-likeness (QED) is 0.514. The van der Waals surface area contributed by atoms with Crippen LogP contribution in [-0.2, 0) is 20.7 Å². The van der Waals surface area contributed by atoms with E-state index in [9.17, 15) is 9.59 Å². The topological polar surface area (TPSA) is 89.5 Å². The molecule has 1 fully saturated rings. The average molecular weight is 452 g/mol. The molecule has 4 rings (SSSR count). The van der Waals surface area contributed by atoms with Crippen LogP contribution < -0.4 is 10.1 Å². The molecule has 1 amide bonds. The van der Waals surface area contributed by atoms with Crippen molar-refractivity contribution in [1.29, 1.82) is 0 Å². The third kappa shape index (κ3) is 6.32. The smallest absolute Gasteiger partial charge is 0.306 e. The summed E-state index contributed by atoms with van der Waals surface area (Å²) < 4.78 is 16.1. The SMILES string of the molecule is CCOC(=O)CC1COc2ccc(C(=O)Nc3ccc(/C=N/N4CCOCC4)cc3)cc2C1. The minimum absolute atomic E-state index is 0.0431. The van der Waals surface area contributed by atoms with Gasteiger partial charge in [-0.2, -0.15) is 5.10 Å². The molecule has 2 aromatic rings. The fraction of sp³-hybridized carbons (Fsp3) is 0.400. The number of hydrogen-bond acceptors (Lipinski definition) is 7. The lowest BCUT2D eigenvalue weighted by Crippen LogP contribution is -2.32. The number of hydrazone groups is 1. The van der Waals surface area contributed by atoms with Gasteiger partial charge in [-0.15, -0.1) is 0 Å². The number of rotatable bonds is 7. The molecule has 174 valence electrons. The zero-order chi connectivity index (χ0) is 23.0. The summed E-state index contributed by atoms with van der Waals surface area (Å²) in [6.07, 6.45) is 2.80. The molecule has 0 bridgehead atoms. The summed E-state index contributed by atoms with van der Waals surface area (Å²) in [5.41, 5.74) is 3.14. The maximum absolute atomic E-state index is 12.8. The fourth-order valence-corrected chi connectivity index (χ4v) is 3.86. The largest absolute Gasteiger partial charge is 0.493 e. The first-order valence-electron chi connectivity index (χ1n) is 11.3. The van der Waals surface area contributed by atoms with Crippen molar-refractivity contribution in [2.24, 2.45) is 11.0 Å². The van der Waals surface area contributed by atoms with Gasteiger partial charge in [0, 0.05) is 17.2 Å². The van der Waals surface area contributed by atoms with E-state index in [0.29, 0.717) is 50.5 Å². The number of esters is 1. The Labute approximate surface area is 193 Å². The van der Waals surface area contributed by atoms with Crippen LogP contribution in [0, 0.1) is 5.92 Å². The number of hydrogen-bond donors (Lipinski definition) is 1. The third-order valence-corrected chi connectivity index (χ3v) is 5.59. The molecule has 1 unspecified atom stereocenters. The minimum Gasteiger partial charge on any atom is -0.493 e. The van der Waals surface area contributed by atoms with E-state index in [1.807, 2.05) is 47.6 Å². The molecule has 0 saturated carbocycles. The summed E-state index contributed by atoms with van der Waals surface area (Å²) >= 11 is 0. The second-order valence-electron chi connectivity index (χ2n) is 8.10. The molecular weight excluding hydrogens is 422 g/mol. The summed E-state index contributed by atoms with van der Waals surface area (Å²) in [6.45, 7) is 5.61. The summed E-state index contributed by atoms with van der Waals surface area (Å²) in [7, 11) is 0. The van der Waals surface area contributed by atoms with Gasteiger partial charge in [-0.1, -0.05) is 12.1 Å². The maximum Gasteiger partial charge on any atom is 0.306 e. The number of carbonyl (C=O) groups is 2. The summed E-state index contributed by atoms with van der Waals surface area (Å²) in [4.78, 5) is 24.6. The molecule has 8 nitrogen and oxygen atoms in total. The Morgan fingerprint density at radius 1 is 1.18 bits per heavy atom. The van der Waals surface area contributed by atoms with Gasteiger partial charge in [0.15, 0.2) is 0 Å². The highest BCUT2D eigenvalue weighted by molar-refractivity contribution is 6.04. The highest BCUT2D eigenvalue weighted by atomic mass is 16.5. The van der Waals surface area contributed by atoms with Crippen molar-refractivity contribution < 1.29 is 23.8 Å². The fourth-order valence-electron chi connectivity index (χ4n) is 3.86. The monoisotopic (exact) mass is 451 g/mol. The van der Waals surface area contributed by atoms with Crippen LogP contribution in [0.5, 0.6) is 5.75 Å². The van der Waals surface area contributed by atoms with E-state index in [0.717, 1.165) is 30.0 Å². The Bertz CT molecular complexity index is 1000. The molecule has 0 aromatic heterocycles. The normalized spacial score (nSPS) is 17.8. The molecule has 0 spiro atoms. The van der Waals surface area contributed by atoms with Gasteiger partial charge in [0.2, 0.25) is 0 Å². The molecule has 0 radical (unpaired) electrons. The highest BCUT2D eigenvalue weighted by Crippen LogP contribution is 2.30. The van der Waals surface area contributed by atoms with Crippen molar-refractivity contribution in [2.45, 2.75) is 19.8 Å². The van der Waals surface area contributed by atoms with Crippen LogP contribution in [0.15, 0.2) is 47.6 Å². The molecule has 33 heavy (non-hydrogen) atoms. The molecule has 2 aliphatic heterocycles. The van der Waals surface area contributed by atoms with Crippen molar-refractivity contribution in [3.05, 3.63) is 59.2 Å². The van der Waals surface area contributed by atoms with Crippen molar-refractivity contribution in [3.8, 4) is 5.75 Å². The molecule has 2 aromatic carbocycles. The second-order valence-corrected chi connectivity index (χ2v) is 8.10. The van der Waals surface area contributed by atoms with Crippen LogP contribution in [0.4, 0.5) is 5.69 Å². The van der Waals surface area contributed by atoms with E-state index < -0.39 is 0 Å². The van der Waals surface area contributed by atoms with Crippen LogP contribution in [0.3, 0.4) is 0 Å². The van der Waals surface area contributed by atoms with Crippen molar-refractivity contribution >= 4 is 23.8 Å². The van der Waals surface area contributed by atoms with Gasteiger partial charge in [0.1, 0.15) is 5.75 Å². The van der Waals surface area contributed by atoms with Gasteiger partial charge >= 0.3 is 5.97 Å². The van der Waals surface area contributed by atoms with Gasteiger partial charge in [-0.25, -0.2) is 0 Å². The van der Waals surface area contributed by atoms with Crippen LogP contribution in [-0.4, -0.2) is 62.6 Å². The van der Waals surface area contributed by atoms with Crippen LogP contribution in [0.2, 0.25) is 0 Å². The number of morpholine rings is 1. The van der Waals surface area contributed by atoms with Crippen molar-refractivity contribution in [3.63, 3.8) is 0 Å². The Hall–Kier alpha value is -3.39. The standard InChI is InChI=1S/C25H29N3O5/c1-2-32-24(29)14-19-13-21-15-20(5-8-23(21)33-17-19)25(30)27-22-6-3-18(4-7-22)16-26-28-9-11-31-12-10-28/h3-8,15-16,19H,2,9-14,17H2,1H3,(H,27,30)/b26-16+. The number of carbonyl (C=O) groups excluding carboxylic acids is 2. The van der Waals surface area contributed by atoms with Crippen molar-refractivity contribution in [2.75, 3.05) is 44.8 Å². The second kappa shape index (κ2) is 11.0. The van der Waals surface area contributed by atoms with Gasteiger partial charge < -0.3 is 19.5 Å². The van der Waals surface area contributed by atoms with Gasteiger partial charge in [-0.3, -0.25) is 14.6 Å². The first kappa shape index (κ1) is 22.8. The molecule has 0 aliphatic carbocycles. The average Bonchev–Trinajstić information content (AvgIpc) is 2.84. The van der Waals surface area contributed by atoms with E-state index in [1.54, 1.807) is 13.0 Å². The number of nitrogens with zero attached hydrogens (tertiary/aromatic N) is 2. The maximum atomic E-state index is 12.8. The number of benzene rings is 2. The Morgan fingerprint density at radius 2 is 1.97 bits per heavy atom. The van der Waals surface area contributed by atoms with E-state index in [1.165, 1.54) is 0 Å². The minimum atomic E-state index is -0.220. The summed E-state index contributed by atoms with van der Waals surface area (Å²) in [6, 6.07) is 13.0. The molecule has 1 N–H and O–H groups in total. The first-order valence-corrected chi connectivity index (χ1v) is 11.3. The van der Waals surface area contributed by atoms with Crippen LogP contribution >= 0.6 is 0 Å². The predicted octanol–water partition coefficient (Wildman–Crippen LogP) is 3.11. The Balaban J connectivity index is 1.35. The molecule has 2 aliphatic rings. The number of amides is 1. The lowest BCUT2D eigenvalue weighted by molar-refractivity contribution is -0.144. The van der Waals surface area contributed by atoms with E-state index in [-0.39, 0.29) is 17.8 Å². The number of fused-ring (bicyclic) bond motifs is 1. The van der Waals surface area contributed by atoms with Gasteiger partial charge in [0.05, 0.1) is 52.2 Å².